The number of rotatable bonds is 13. The number of amides is 2. The van der Waals surface area contributed by atoms with Crippen molar-refractivity contribution in [3.05, 3.63) is 18.2 Å². The fourth-order valence-corrected chi connectivity index (χ4v) is 5.56. The first kappa shape index (κ1) is 47.5. The smallest absolute Gasteiger partial charge is 0.419 e. The van der Waals surface area contributed by atoms with Crippen molar-refractivity contribution in [2.24, 2.45) is 0 Å². The highest BCUT2D eigenvalue weighted by molar-refractivity contribution is 5.86. The van der Waals surface area contributed by atoms with Gasteiger partial charge in [-0.05, 0) is 55.4 Å². The topological polar surface area (TPSA) is 254 Å². The maximum atomic E-state index is 14.3. The summed E-state index contributed by atoms with van der Waals surface area (Å²) in [4.78, 5) is 92.8. The second-order valence-electron chi connectivity index (χ2n) is 16.3. The molecule has 58 heavy (non-hydrogen) atoms. The Kier molecular flexibility index (Phi) is 15.8. The summed E-state index contributed by atoms with van der Waals surface area (Å²) in [7, 11) is 0. The van der Waals surface area contributed by atoms with Crippen LogP contribution in [0, 0.1) is 0 Å². The maximum absolute atomic E-state index is 14.3. The van der Waals surface area contributed by atoms with Gasteiger partial charge in [0.2, 0.25) is 5.91 Å². The van der Waals surface area contributed by atoms with E-state index in [4.69, 9.17) is 47.4 Å². The number of hydrogen-bond acceptors (Lipinski definition) is 18. The van der Waals surface area contributed by atoms with Gasteiger partial charge in [-0.1, -0.05) is 0 Å². The number of aromatic nitrogens is 2. The number of hydrogen-bond donors (Lipinski definition) is 2. The van der Waals surface area contributed by atoms with E-state index in [9.17, 15) is 33.6 Å². The van der Waals surface area contributed by atoms with Crippen LogP contribution in [0.15, 0.2) is 12.5 Å². The lowest BCUT2D eigenvalue weighted by Crippen LogP contribution is -2.68. The van der Waals surface area contributed by atoms with Gasteiger partial charge in [0.25, 0.3) is 0 Å². The van der Waals surface area contributed by atoms with Crippen LogP contribution >= 0.6 is 0 Å². The average Bonchev–Trinajstić information content (AvgIpc) is 3.53. The molecular weight excluding hydrogens is 772 g/mol. The summed E-state index contributed by atoms with van der Waals surface area (Å²) in [6.45, 7) is 16.2. The predicted octanol–water partition coefficient (Wildman–Crippen LogP) is 1.84. The van der Waals surface area contributed by atoms with Gasteiger partial charge in [-0.2, -0.15) is 0 Å². The molecule has 0 bridgehead atoms. The van der Waals surface area contributed by atoms with Gasteiger partial charge in [0, 0.05) is 40.3 Å². The van der Waals surface area contributed by atoms with Crippen LogP contribution in [0.4, 0.5) is 9.59 Å². The van der Waals surface area contributed by atoms with E-state index in [-0.39, 0.29) is 25.3 Å². The minimum Gasteiger partial charge on any atom is -0.463 e. The number of imidazole rings is 1. The van der Waals surface area contributed by atoms with Crippen molar-refractivity contribution in [3.63, 3.8) is 0 Å². The summed E-state index contributed by atoms with van der Waals surface area (Å²) in [5, 5.41) is 5.40. The summed E-state index contributed by atoms with van der Waals surface area (Å²) >= 11 is 0. The summed E-state index contributed by atoms with van der Waals surface area (Å²) in [6, 6.07) is -1.37. The molecule has 0 spiro atoms. The lowest BCUT2D eigenvalue weighted by atomic mass is 9.97. The first-order valence-electron chi connectivity index (χ1n) is 18.4. The first-order chi connectivity index (χ1) is 26.7. The quantitative estimate of drug-likeness (QED) is 0.212. The molecule has 2 saturated heterocycles. The fourth-order valence-electron chi connectivity index (χ4n) is 5.56. The number of nitrogens with zero attached hydrogens (tertiary/aromatic N) is 2. The average molecular weight is 829 g/mol. The van der Waals surface area contributed by atoms with Crippen molar-refractivity contribution in [1.82, 2.24) is 20.2 Å². The van der Waals surface area contributed by atoms with Crippen LogP contribution in [0.3, 0.4) is 0 Å². The Morgan fingerprint density at radius 3 is 1.91 bits per heavy atom. The zero-order chi connectivity index (χ0) is 43.8. The van der Waals surface area contributed by atoms with Crippen LogP contribution < -0.4 is 10.6 Å². The van der Waals surface area contributed by atoms with Crippen molar-refractivity contribution in [2.75, 3.05) is 26.4 Å². The zero-order valence-corrected chi connectivity index (χ0v) is 35.0. The van der Waals surface area contributed by atoms with Gasteiger partial charge in [0.05, 0.1) is 25.5 Å². The third kappa shape index (κ3) is 15.1. The third-order valence-corrected chi connectivity index (χ3v) is 7.91. The monoisotopic (exact) mass is 828 g/mol. The Hall–Kier alpha value is -4.86. The van der Waals surface area contributed by atoms with Gasteiger partial charge in [0.1, 0.15) is 41.8 Å². The first-order valence-corrected chi connectivity index (χ1v) is 18.4. The molecule has 326 valence electrons. The van der Waals surface area contributed by atoms with Crippen molar-refractivity contribution in [1.29, 1.82) is 0 Å². The number of esters is 4. The van der Waals surface area contributed by atoms with Crippen LogP contribution in [-0.2, 0) is 77.8 Å². The summed E-state index contributed by atoms with van der Waals surface area (Å²) < 4.78 is 57.6. The number of carbonyl (C=O) groups excluding carboxylic acids is 7. The summed E-state index contributed by atoms with van der Waals surface area (Å²) in [5.41, 5.74) is -3.05. The molecule has 21 nitrogen and oxygen atoms in total. The Morgan fingerprint density at radius 1 is 0.828 bits per heavy atom. The maximum Gasteiger partial charge on any atom is 0.419 e. The normalized spacial score (nSPS) is 23.3. The van der Waals surface area contributed by atoms with E-state index in [1.54, 1.807) is 55.4 Å². The molecule has 3 heterocycles. The SMILES string of the molecule is CC(=O)OC[C@H]1O[C@@H](OCC2(NC(=O)[C@H](Cc3cn(C(=O)OC(C)(C)C)cn3)NC(=O)OC(C)(C)C)COC(C)(C)OC2)[C@H](OC(C)=O)[C@@H](OC(C)=O)[C@H]1OC(C)=O. The van der Waals surface area contributed by atoms with E-state index in [0.29, 0.717) is 0 Å². The van der Waals surface area contributed by atoms with Crippen LogP contribution in [0.1, 0.15) is 88.8 Å². The van der Waals surface area contributed by atoms with Crippen LogP contribution in [0.2, 0.25) is 0 Å². The number of nitrogens with one attached hydrogen (secondary N) is 2. The molecule has 0 saturated carbocycles. The minimum absolute atomic E-state index is 0.224. The van der Waals surface area contributed by atoms with E-state index in [1.165, 1.54) is 12.5 Å². The Labute approximate surface area is 336 Å². The molecule has 6 atom stereocenters. The van der Waals surface area contributed by atoms with Gasteiger partial charge < -0.3 is 58.0 Å². The van der Waals surface area contributed by atoms with E-state index in [0.717, 1.165) is 32.3 Å². The molecule has 2 N–H and O–H groups in total. The highest BCUT2D eigenvalue weighted by atomic mass is 16.7. The highest BCUT2D eigenvalue weighted by Crippen LogP contribution is 2.32. The van der Waals surface area contributed by atoms with Crippen molar-refractivity contribution in [2.45, 2.75) is 149 Å². The number of ether oxygens (including phenoxy) is 10. The fraction of sp³-hybridized carbons (Fsp3) is 0.730. The second-order valence-corrected chi connectivity index (χ2v) is 16.3. The molecule has 1 aromatic heterocycles. The standard InChI is InChI=1S/C37H56N4O17/c1-20(42)49-15-26-27(53-21(2)43)28(54-22(3)44)29(55-23(4)45)31(56-26)50-16-37(17-51-36(11,12)52-18-37)40-30(46)25(39-32(47)57-34(5,6)7)13-24-14-41(19-38-24)33(48)58-35(8,9)10/h14,19,25-29,31H,13,15-18H2,1-12H3,(H,39,47)(H,40,46)/t25-,26+,27-,28-,29+,31+/m0/s1. The van der Waals surface area contributed by atoms with E-state index < -0.39 is 114 Å². The molecule has 2 fully saturated rings. The van der Waals surface area contributed by atoms with Crippen LogP contribution in [0.5, 0.6) is 0 Å². The third-order valence-electron chi connectivity index (χ3n) is 7.91. The Morgan fingerprint density at radius 2 is 1.38 bits per heavy atom. The Balaban J connectivity index is 1.99. The summed E-state index contributed by atoms with van der Waals surface area (Å²) in [6.07, 6.45) is -6.74. The van der Waals surface area contributed by atoms with Gasteiger partial charge in [-0.25, -0.2) is 19.1 Å². The second kappa shape index (κ2) is 19.3. The minimum atomic E-state index is -1.60. The number of carbonyl (C=O) groups is 7. The summed E-state index contributed by atoms with van der Waals surface area (Å²) in [5.74, 6) is -5.10. The lowest BCUT2D eigenvalue weighted by Gasteiger charge is -2.47. The van der Waals surface area contributed by atoms with E-state index in [2.05, 4.69) is 15.6 Å². The Bertz CT molecular complexity index is 1650. The van der Waals surface area contributed by atoms with Gasteiger partial charge in [-0.3, -0.25) is 24.0 Å². The molecule has 3 rings (SSSR count). The van der Waals surface area contributed by atoms with E-state index in [1.807, 2.05) is 0 Å². The molecule has 0 radical (unpaired) electrons. The van der Waals surface area contributed by atoms with Crippen molar-refractivity contribution < 1.29 is 80.9 Å². The largest absolute Gasteiger partial charge is 0.463 e. The number of alkyl carbamates (subject to hydrolysis) is 1. The molecule has 1 aromatic rings. The predicted molar refractivity (Wildman–Crippen MR) is 195 cm³/mol. The molecule has 0 aromatic carbocycles. The van der Waals surface area contributed by atoms with Crippen molar-refractivity contribution >= 4 is 42.0 Å². The van der Waals surface area contributed by atoms with Crippen LogP contribution in [0.25, 0.3) is 0 Å². The lowest BCUT2D eigenvalue weighted by molar-refractivity contribution is -0.321. The molecule has 2 amide bonds. The van der Waals surface area contributed by atoms with Gasteiger partial charge >= 0.3 is 36.1 Å². The van der Waals surface area contributed by atoms with Gasteiger partial charge in [-0.15, -0.1) is 0 Å². The zero-order valence-electron chi connectivity index (χ0n) is 35.0. The van der Waals surface area contributed by atoms with Crippen LogP contribution in [-0.4, -0.2) is 137 Å². The van der Waals surface area contributed by atoms with Gasteiger partial charge in [0.15, 0.2) is 30.4 Å². The van der Waals surface area contributed by atoms with Crippen molar-refractivity contribution in [3.8, 4) is 0 Å². The highest BCUT2D eigenvalue weighted by Gasteiger charge is 2.54. The molecule has 0 aliphatic carbocycles. The molecule has 21 heteroatoms. The molecular formula is C37H56N4O17. The molecule has 2 aliphatic rings. The molecule has 0 unspecified atom stereocenters. The van der Waals surface area contributed by atoms with E-state index >= 15 is 0 Å². The molecule has 2 aliphatic heterocycles.